The minimum atomic E-state index is -0.623. The molecule has 0 aromatic heterocycles. The molecule has 0 unspecified atom stereocenters. The van der Waals surface area contributed by atoms with E-state index >= 15 is 0 Å². The maximum atomic E-state index is 12.1. The molecule has 0 radical (unpaired) electrons. The van der Waals surface area contributed by atoms with Gasteiger partial charge >= 0.3 is 0 Å². The van der Waals surface area contributed by atoms with E-state index < -0.39 is 6.04 Å². The zero-order valence-corrected chi connectivity index (χ0v) is 11.2. The third-order valence-electron chi connectivity index (χ3n) is 2.88. The van der Waals surface area contributed by atoms with E-state index in [2.05, 4.69) is 0 Å². The van der Waals surface area contributed by atoms with Crippen LogP contribution in [0.1, 0.15) is 18.9 Å². The van der Waals surface area contributed by atoms with Gasteiger partial charge in [0.25, 0.3) is 0 Å². The first kappa shape index (κ1) is 15.5. The number of aliphatic hydroxyl groups is 1. The summed E-state index contributed by atoms with van der Waals surface area (Å²) in [7, 11) is 0. The first-order chi connectivity index (χ1) is 9.08. The van der Waals surface area contributed by atoms with Crippen molar-refractivity contribution >= 4 is 5.91 Å². The molecular formula is C14H22N2O3. The van der Waals surface area contributed by atoms with Gasteiger partial charge in [0.15, 0.2) is 0 Å². The van der Waals surface area contributed by atoms with Crippen LogP contribution in [0.4, 0.5) is 0 Å². The van der Waals surface area contributed by atoms with E-state index in [4.69, 9.17) is 10.8 Å². The third-order valence-corrected chi connectivity index (χ3v) is 2.88. The minimum Gasteiger partial charge on any atom is -0.508 e. The molecule has 0 aliphatic rings. The Balaban J connectivity index is 2.62. The summed E-state index contributed by atoms with van der Waals surface area (Å²) in [6.45, 7) is 2.83. The van der Waals surface area contributed by atoms with E-state index in [0.29, 0.717) is 19.5 Å². The largest absolute Gasteiger partial charge is 0.508 e. The lowest BCUT2D eigenvalue weighted by atomic mass is 10.1. The van der Waals surface area contributed by atoms with Gasteiger partial charge in [-0.2, -0.15) is 0 Å². The van der Waals surface area contributed by atoms with Crippen molar-refractivity contribution in [3.63, 3.8) is 0 Å². The van der Waals surface area contributed by atoms with E-state index in [-0.39, 0.29) is 18.3 Å². The third kappa shape index (κ3) is 4.89. The van der Waals surface area contributed by atoms with Crippen LogP contribution in [0, 0.1) is 0 Å². The zero-order valence-electron chi connectivity index (χ0n) is 11.2. The summed E-state index contributed by atoms with van der Waals surface area (Å²) in [6.07, 6.45) is 1.25. The van der Waals surface area contributed by atoms with Crippen molar-refractivity contribution in [3.05, 3.63) is 29.8 Å². The van der Waals surface area contributed by atoms with E-state index in [1.165, 1.54) is 0 Å². The Morgan fingerprint density at radius 3 is 2.47 bits per heavy atom. The normalized spacial score (nSPS) is 12.2. The zero-order chi connectivity index (χ0) is 14.3. The first-order valence-electron chi connectivity index (χ1n) is 6.51. The molecular weight excluding hydrogens is 244 g/mol. The lowest BCUT2D eigenvalue weighted by Crippen LogP contribution is -2.46. The van der Waals surface area contributed by atoms with Crippen LogP contribution in [-0.4, -0.2) is 46.8 Å². The fourth-order valence-corrected chi connectivity index (χ4v) is 1.93. The Bertz CT molecular complexity index is 386. The Morgan fingerprint density at radius 2 is 1.95 bits per heavy atom. The van der Waals surface area contributed by atoms with Crippen molar-refractivity contribution in [1.29, 1.82) is 0 Å². The number of aromatic hydroxyl groups is 1. The quantitative estimate of drug-likeness (QED) is 0.670. The Labute approximate surface area is 113 Å². The van der Waals surface area contributed by atoms with Gasteiger partial charge in [-0.3, -0.25) is 4.79 Å². The van der Waals surface area contributed by atoms with Crippen LogP contribution in [0.15, 0.2) is 24.3 Å². The molecule has 0 fully saturated rings. The van der Waals surface area contributed by atoms with Crippen molar-refractivity contribution in [3.8, 4) is 5.75 Å². The van der Waals surface area contributed by atoms with Crippen molar-refractivity contribution in [2.45, 2.75) is 25.8 Å². The number of nitrogens with zero attached hydrogens (tertiary/aromatic N) is 1. The molecule has 0 aliphatic carbocycles. The lowest BCUT2D eigenvalue weighted by Gasteiger charge is -2.24. The Kier molecular flexibility index (Phi) is 6.32. The minimum absolute atomic E-state index is 0.0579. The number of amides is 1. The van der Waals surface area contributed by atoms with E-state index in [9.17, 15) is 9.90 Å². The van der Waals surface area contributed by atoms with Gasteiger partial charge < -0.3 is 20.8 Å². The molecule has 4 N–H and O–H groups in total. The van der Waals surface area contributed by atoms with Crippen LogP contribution in [-0.2, 0) is 11.2 Å². The van der Waals surface area contributed by atoms with Crippen molar-refractivity contribution in [2.24, 2.45) is 5.73 Å². The van der Waals surface area contributed by atoms with Gasteiger partial charge in [0.1, 0.15) is 5.75 Å². The maximum Gasteiger partial charge on any atom is 0.239 e. The fourth-order valence-electron chi connectivity index (χ4n) is 1.93. The number of hydrogen-bond acceptors (Lipinski definition) is 4. The highest BCUT2D eigenvalue weighted by atomic mass is 16.3. The summed E-state index contributed by atoms with van der Waals surface area (Å²) < 4.78 is 0. The molecule has 1 atom stereocenters. The molecule has 1 amide bonds. The number of carbonyl (C=O) groups excluding carboxylic acids is 1. The fraction of sp³-hybridized carbons (Fsp3) is 0.500. The smallest absolute Gasteiger partial charge is 0.239 e. The van der Waals surface area contributed by atoms with Gasteiger partial charge in [-0.15, -0.1) is 0 Å². The molecule has 0 heterocycles. The molecule has 1 aromatic rings. The molecule has 106 valence electrons. The van der Waals surface area contributed by atoms with Gasteiger partial charge in [0, 0.05) is 13.1 Å². The average Bonchev–Trinajstić information content (AvgIpc) is 2.40. The second-order valence-corrected chi connectivity index (χ2v) is 4.53. The van der Waals surface area contributed by atoms with E-state index in [1.54, 1.807) is 29.2 Å². The molecule has 5 heteroatoms. The standard InChI is InChI=1S/C14H22N2O3/c1-2-7-16(8-9-17)14(19)13(15)10-11-3-5-12(18)6-4-11/h3-6,13,17-18H,2,7-10,15H2,1H3/t13-/m0/s1. The molecule has 0 aliphatic heterocycles. The number of carbonyl (C=O) groups is 1. The Hall–Kier alpha value is -1.59. The molecule has 1 aromatic carbocycles. The van der Waals surface area contributed by atoms with Crippen molar-refractivity contribution < 1.29 is 15.0 Å². The number of rotatable bonds is 7. The number of nitrogens with two attached hydrogens (primary N) is 1. The van der Waals surface area contributed by atoms with Crippen molar-refractivity contribution in [1.82, 2.24) is 4.90 Å². The van der Waals surface area contributed by atoms with Crippen LogP contribution in [0.25, 0.3) is 0 Å². The monoisotopic (exact) mass is 266 g/mol. The maximum absolute atomic E-state index is 12.1. The summed E-state index contributed by atoms with van der Waals surface area (Å²) in [6, 6.07) is 6.02. The second kappa shape index (κ2) is 7.76. The van der Waals surface area contributed by atoms with Gasteiger partial charge in [0.2, 0.25) is 5.91 Å². The second-order valence-electron chi connectivity index (χ2n) is 4.53. The average molecular weight is 266 g/mol. The van der Waals surface area contributed by atoms with Gasteiger partial charge in [0.05, 0.1) is 12.6 Å². The van der Waals surface area contributed by atoms with Crippen molar-refractivity contribution in [2.75, 3.05) is 19.7 Å². The van der Waals surface area contributed by atoms with Crippen LogP contribution in [0.3, 0.4) is 0 Å². The summed E-state index contributed by atoms with van der Waals surface area (Å²) in [4.78, 5) is 13.7. The van der Waals surface area contributed by atoms with Crippen LogP contribution >= 0.6 is 0 Å². The van der Waals surface area contributed by atoms with E-state index in [0.717, 1.165) is 12.0 Å². The summed E-state index contributed by atoms with van der Waals surface area (Å²) in [5.41, 5.74) is 6.82. The SMILES string of the molecule is CCCN(CCO)C(=O)[C@@H](N)Cc1ccc(O)cc1. The van der Waals surface area contributed by atoms with Crippen LogP contribution in [0.5, 0.6) is 5.75 Å². The summed E-state index contributed by atoms with van der Waals surface area (Å²) in [5.74, 6) is 0.0421. The number of benzene rings is 1. The topological polar surface area (TPSA) is 86.8 Å². The van der Waals surface area contributed by atoms with Gasteiger partial charge in [-0.25, -0.2) is 0 Å². The van der Waals surface area contributed by atoms with Gasteiger partial charge in [-0.1, -0.05) is 19.1 Å². The molecule has 0 spiro atoms. The van der Waals surface area contributed by atoms with E-state index in [1.807, 2.05) is 6.92 Å². The number of phenolic OH excluding ortho intramolecular Hbond substituents is 1. The van der Waals surface area contributed by atoms with Gasteiger partial charge in [-0.05, 0) is 30.5 Å². The molecule has 1 rings (SSSR count). The summed E-state index contributed by atoms with van der Waals surface area (Å²) >= 11 is 0. The number of phenols is 1. The highest BCUT2D eigenvalue weighted by Crippen LogP contribution is 2.11. The lowest BCUT2D eigenvalue weighted by molar-refractivity contribution is -0.133. The number of hydrogen-bond donors (Lipinski definition) is 3. The molecule has 0 saturated heterocycles. The molecule has 5 nitrogen and oxygen atoms in total. The first-order valence-corrected chi connectivity index (χ1v) is 6.51. The van der Waals surface area contributed by atoms with Crippen LogP contribution < -0.4 is 5.73 Å². The summed E-state index contributed by atoms with van der Waals surface area (Å²) in [5, 5.41) is 18.1. The highest BCUT2D eigenvalue weighted by molar-refractivity contribution is 5.82. The molecule has 0 bridgehead atoms. The Morgan fingerprint density at radius 1 is 1.32 bits per heavy atom. The molecule has 19 heavy (non-hydrogen) atoms. The predicted octanol–water partition coefficient (Wildman–Crippen LogP) is 0.493. The highest BCUT2D eigenvalue weighted by Gasteiger charge is 2.20. The molecule has 0 saturated carbocycles. The number of aliphatic hydroxyl groups excluding tert-OH is 1. The predicted molar refractivity (Wildman–Crippen MR) is 73.7 cm³/mol. The van der Waals surface area contributed by atoms with Crippen LogP contribution in [0.2, 0.25) is 0 Å².